The van der Waals surface area contributed by atoms with E-state index in [1.54, 1.807) is 0 Å². The molecule has 0 aromatic carbocycles. The fourth-order valence-electron chi connectivity index (χ4n) is 1.84. The summed E-state index contributed by atoms with van der Waals surface area (Å²) in [7, 11) is 0. The Morgan fingerprint density at radius 3 is 2.44 bits per heavy atom. The van der Waals surface area contributed by atoms with E-state index in [2.05, 4.69) is 15.4 Å². The zero-order valence-corrected chi connectivity index (χ0v) is 9.67. The van der Waals surface area contributed by atoms with Gasteiger partial charge in [-0.25, -0.2) is 9.99 Å². The van der Waals surface area contributed by atoms with Crippen LogP contribution in [0.15, 0.2) is 6.07 Å². The number of nitrogens with two attached hydrogens (primary N) is 1. The van der Waals surface area contributed by atoms with Gasteiger partial charge in [-0.05, 0) is 12.8 Å². The van der Waals surface area contributed by atoms with Crippen LogP contribution in [0.3, 0.4) is 0 Å². The molecule has 100 valence electrons. The molecule has 0 bridgehead atoms. The van der Waals surface area contributed by atoms with Crippen LogP contribution < -0.4 is 11.2 Å². The van der Waals surface area contributed by atoms with E-state index in [1.165, 1.54) is 0 Å². The van der Waals surface area contributed by atoms with Crippen LogP contribution in [-0.2, 0) is 6.18 Å². The molecule has 2 heterocycles. The maximum absolute atomic E-state index is 12.5. The summed E-state index contributed by atoms with van der Waals surface area (Å²) in [6.07, 6.45) is -1.35. The third-order valence-corrected chi connectivity index (χ3v) is 2.66. The molecule has 5 nitrogen and oxygen atoms in total. The molecule has 8 heteroatoms. The van der Waals surface area contributed by atoms with Crippen LogP contribution in [-0.4, -0.2) is 28.1 Å². The van der Waals surface area contributed by atoms with Gasteiger partial charge in [-0.2, -0.15) is 18.2 Å². The van der Waals surface area contributed by atoms with Gasteiger partial charge in [0.2, 0.25) is 5.95 Å². The maximum atomic E-state index is 12.5. The van der Waals surface area contributed by atoms with Gasteiger partial charge in [0.25, 0.3) is 0 Å². The van der Waals surface area contributed by atoms with Gasteiger partial charge < -0.3 is 11.2 Å². The Hall–Kier alpha value is -1.57. The number of hydrazine groups is 1. The van der Waals surface area contributed by atoms with E-state index in [4.69, 9.17) is 5.73 Å². The Morgan fingerprint density at radius 1 is 1.17 bits per heavy atom. The van der Waals surface area contributed by atoms with E-state index >= 15 is 0 Å². The van der Waals surface area contributed by atoms with Crippen molar-refractivity contribution in [3.8, 4) is 0 Å². The van der Waals surface area contributed by atoms with Crippen LogP contribution >= 0.6 is 0 Å². The molecule has 1 aromatic rings. The Kier molecular flexibility index (Phi) is 3.55. The average molecular weight is 261 g/mol. The van der Waals surface area contributed by atoms with Crippen molar-refractivity contribution in [1.29, 1.82) is 0 Å². The predicted octanol–water partition coefficient (Wildman–Crippen LogP) is 1.89. The van der Waals surface area contributed by atoms with Crippen LogP contribution in [0.25, 0.3) is 0 Å². The number of piperidine rings is 1. The van der Waals surface area contributed by atoms with E-state index in [1.807, 2.05) is 5.01 Å². The van der Waals surface area contributed by atoms with Crippen molar-refractivity contribution in [3.63, 3.8) is 0 Å². The molecular weight excluding hydrogens is 247 g/mol. The molecule has 3 N–H and O–H groups in total. The molecule has 0 amide bonds. The molecule has 1 aliphatic rings. The summed E-state index contributed by atoms with van der Waals surface area (Å²) in [6.45, 7) is 1.57. The van der Waals surface area contributed by atoms with Crippen LogP contribution in [0.1, 0.15) is 25.0 Å². The van der Waals surface area contributed by atoms with Gasteiger partial charge >= 0.3 is 6.18 Å². The molecular formula is C10H14F3N5. The highest BCUT2D eigenvalue weighted by molar-refractivity contribution is 5.40. The van der Waals surface area contributed by atoms with E-state index in [0.29, 0.717) is 0 Å². The van der Waals surface area contributed by atoms with Crippen LogP contribution in [0.2, 0.25) is 0 Å². The summed E-state index contributed by atoms with van der Waals surface area (Å²) in [6, 6.07) is 0.866. The first-order chi connectivity index (χ1) is 8.45. The molecule has 0 spiro atoms. The number of aromatic nitrogens is 2. The molecule has 0 saturated carbocycles. The van der Waals surface area contributed by atoms with E-state index in [-0.39, 0.29) is 11.8 Å². The molecule has 0 radical (unpaired) electrons. The van der Waals surface area contributed by atoms with Gasteiger partial charge in [-0.1, -0.05) is 6.42 Å². The van der Waals surface area contributed by atoms with E-state index in [9.17, 15) is 13.2 Å². The van der Waals surface area contributed by atoms with Gasteiger partial charge in [0, 0.05) is 19.2 Å². The Labute approximate surface area is 102 Å². The van der Waals surface area contributed by atoms with Crippen molar-refractivity contribution in [2.24, 2.45) is 0 Å². The second-order valence-corrected chi connectivity index (χ2v) is 4.15. The van der Waals surface area contributed by atoms with Gasteiger partial charge in [-0.3, -0.25) is 0 Å². The largest absolute Gasteiger partial charge is 0.433 e. The lowest BCUT2D eigenvalue weighted by Gasteiger charge is -2.27. The lowest BCUT2D eigenvalue weighted by Crippen LogP contribution is -2.35. The fourth-order valence-corrected chi connectivity index (χ4v) is 1.84. The summed E-state index contributed by atoms with van der Waals surface area (Å²) in [4.78, 5) is 6.94. The standard InChI is InChI=1S/C10H14F3N5/c11-10(12,13)7-6-8(16-9(14)15-7)17-18-4-2-1-3-5-18/h6H,1-5H2,(H3,14,15,16,17). The van der Waals surface area contributed by atoms with Gasteiger partial charge in [-0.15, -0.1) is 0 Å². The minimum absolute atomic E-state index is 0.0803. The summed E-state index contributed by atoms with van der Waals surface area (Å²) >= 11 is 0. The minimum atomic E-state index is -4.52. The normalized spacial score (nSPS) is 17.7. The number of alkyl halides is 3. The second-order valence-electron chi connectivity index (χ2n) is 4.15. The van der Waals surface area contributed by atoms with Gasteiger partial charge in [0.05, 0.1) is 0 Å². The molecule has 1 aliphatic heterocycles. The van der Waals surface area contributed by atoms with E-state index in [0.717, 1.165) is 38.4 Å². The van der Waals surface area contributed by atoms with Crippen LogP contribution in [0, 0.1) is 0 Å². The highest BCUT2D eigenvalue weighted by Crippen LogP contribution is 2.29. The van der Waals surface area contributed by atoms with Crippen molar-refractivity contribution < 1.29 is 13.2 Å². The summed E-state index contributed by atoms with van der Waals surface area (Å²) < 4.78 is 37.6. The first-order valence-electron chi connectivity index (χ1n) is 5.68. The Bertz CT molecular complexity index is 414. The second kappa shape index (κ2) is 4.97. The topological polar surface area (TPSA) is 67.1 Å². The molecule has 0 aliphatic carbocycles. The zero-order valence-electron chi connectivity index (χ0n) is 9.67. The molecule has 0 unspecified atom stereocenters. The highest BCUT2D eigenvalue weighted by Gasteiger charge is 2.33. The summed E-state index contributed by atoms with van der Waals surface area (Å²) in [5.41, 5.74) is 7.08. The number of nitrogen functional groups attached to an aromatic ring is 1. The van der Waals surface area contributed by atoms with Gasteiger partial charge in [0.15, 0.2) is 5.69 Å². The molecule has 2 rings (SSSR count). The number of rotatable bonds is 2. The molecule has 18 heavy (non-hydrogen) atoms. The lowest BCUT2D eigenvalue weighted by molar-refractivity contribution is -0.141. The zero-order chi connectivity index (χ0) is 13.2. The molecule has 0 atom stereocenters. The highest BCUT2D eigenvalue weighted by atomic mass is 19.4. The monoisotopic (exact) mass is 261 g/mol. The summed E-state index contributed by atoms with van der Waals surface area (Å²) in [5, 5.41) is 1.84. The first kappa shape index (κ1) is 12.9. The first-order valence-corrected chi connectivity index (χ1v) is 5.68. The summed E-state index contributed by atoms with van der Waals surface area (Å²) in [5.74, 6) is -0.305. The minimum Gasteiger partial charge on any atom is -0.368 e. The Balaban J connectivity index is 2.14. The number of hydrogen-bond donors (Lipinski definition) is 2. The van der Waals surface area contributed by atoms with Crippen LogP contribution in [0.4, 0.5) is 24.9 Å². The van der Waals surface area contributed by atoms with Crippen LogP contribution in [0.5, 0.6) is 0 Å². The van der Waals surface area contributed by atoms with E-state index < -0.39 is 11.9 Å². The number of nitrogens with zero attached hydrogens (tertiary/aromatic N) is 3. The smallest absolute Gasteiger partial charge is 0.368 e. The van der Waals surface area contributed by atoms with Crippen molar-refractivity contribution >= 4 is 11.8 Å². The Morgan fingerprint density at radius 2 is 1.83 bits per heavy atom. The van der Waals surface area contributed by atoms with Crippen molar-refractivity contribution in [2.75, 3.05) is 24.2 Å². The quantitative estimate of drug-likeness (QED) is 0.851. The third-order valence-electron chi connectivity index (χ3n) is 2.66. The number of anilines is 2. The van der Waals surface area contributed by atoms with Crippen molar-refractivity contribution in [3.05, 3.63) is 11.8 Å². The number of halogens is 3. The molecule has 1 aromatic heterocycles. The average Bonchev–Trinajstić information content (AvgIpc) is 2.28. The molecule has 1 fully saturated rings. The molecule has 1 saturated heterocycles. The van der Waals surface area contributed by atoms with Gasteiger partial charge in [0.1, 0.15) is 5.82 Å². The fraction of sp³-hybridized carbons (Fsp3) is 0.600. The number of hydrogen-bond acceptors (Lipinski definition) is 5. The SMILES string of the molecule is Nc1nc(NN2CCCCC2)cc(C(F)(F)F)n1. The van der Waals surface area contributed by atoms with Crippen molar-refractivity contribution in [2.45, 2.75) is 25.4 Å². The number of nitrogens with one attached hydrogen (secondary N) is 1. The predicted molar refractivity (Wildman–Crippen MR) is 60.5 cm³/mol. The maximum Gasteiger partial charge on any atom is 0.433 e. The van der Waals surface area contributed by atoms with Crippen molar-refractivity contribution in [1.82, 2.24) is 15.0 Å². The third kappa shape index (κ3) is 3.22. The lowest BCUT2D eigenvalue weighted by atomic mass is 10.2.